The van der Waals surface area contributed by atoms with Gasteiger partial charge in [0, 0.05) is 43.9 Å². The van der Waals surface area contributed by atoms with E-state index in [0.29, 0.717) is 12.0 Å². The van der Waals surface area contributed by atoms with Crippen LogP contribution in [0.15, 0.2) is 34.4 Å². The number of nitrogens with zero attached hydrogens (tertiary/aromatic N) is 4. The first-order valence-electron chi connectivity index (χ1n) is 11.0. The minimum atomic E-state index is -0.412. The van der Waals surface area contributed by atoms with E-state index in [1.165, 1.54) is 5.56 Å². The van der Waals surface area contributed by atoms with Crippen LogP contribution in [0, 0.1) is 0 Å². The molecule has 7 heteroatoms. The van der Waals surface area contributed by atoms with Crippen molar-refractivity contribution in [2.45, 2.75) is 25.7 Å². The summed E-state index contributed by atoms with van der Waals surface area (Å²) in [4.78, 5) is 26.5. The molecule has 0 saturated carbocycles. The first-order chi connectivity index (χ1) is 15.4. The Morgan fingerprint density at radius 3 is 2.69 bits per heavy atom. The Balaban J connectivity index is 1.87. The van der Waals surface area contributed by atoms with Crippen LogP contribution in [0.25, 0.3) is 11.1 Å². The number of oxime groups is 1. The average molecular weight is 434 g/mol. The number of benzene rings is 2. The van der Waals surface area contributed by atoms with Crippen LogP contribution in [0.2, 0.25) is 0 Å². The molecule has 2 aromatic carbocycles. The molecule has 168 valence electrons. The second kappa shape index (κ2) is 9.12. The lowest BCUT2D eigenvalue weighted by atomic mass is 9.86. The van der Waals surface area contributed by atoms with Crippen molar-refractivity contribution in [3.05, 3.63) is 46.5 Å². The standard InChI is InChI=1S/C25H31N5O2/c1-29(2)12-13-30(3)22-15-20(24-18(10-11-27-24)23(22)25(26)31)17-9-8-16-6-5-7-21(28-32-4)19(16)14-17/h8-9,11,14-15H,5-7,10,12-13H2,1-4H3,(H2,26,31). The van der Waals surface area contributed by atoms with Crippen molar-refractivity contribution in [1.82, 2.24) is 4.90 Å². The Hall–Kier alpha value is -3.19. The van der Waals surface area contributed by atoms with Crippen LogP contribution in [0.1, 0.15) is 39.9 Å². The van der Waals surface area contributed by atoms with E-state index in [1.54, 1.807) is 7.11 Å². The number of fused-ring (bicyclic) bond motifs is 2. The molecule has 2 aromatic rings. The normalized spacial score (nSPS) is 15.7. The van der Waals surface area contributed by atoms with Gasteiger partial charge in [-0.3, -0.25) is 9.79 Å². The SMILES string of the molecule is CON=C1CCCc2ccc(-c3cc(N(C)CCN(C)C)c(C(N)=O)c4c3N=CC4)cc21. The van der Waals surface area contributed by atoms with Gasteiger partial charge in [0.25, 0.3) is 5.91 Å². The monoisotopic (exact) mass is 433 g/mol. The average Bonchev–Trinajstić information content (AvgIpc) is 3.26. The molecule has 0 bridgehead atoms. The molecular formula is C25H31N5O2. The summed E-state index contributed by atoms with van der Waals surface area (Å²) >= 11 is 0. The highest BCUT2D eigenvalue weighted by molar-refractivity contribution is 6.07. The summed E-state index contributed by atoms with van der Waals surface area (Å²) in [6, 6.07) is 8.57. The Bertz CT molecular complexity index is 1100. The van der Waals surface area contributed by atoms with Crippen LogP contribution < -0.4 is 10.6 Å². The second-order valence-electron chi connectivity index (χ2n) is 8.70. The van der Waals surface area contributed by atoms with E-state index in [1.807, 2.05) is 27.4 Å². The fraction of sp³-hybridized carbons (Fsp3) is 0.400. The number of anilines is 1. The van der Waals surface area contributed by atoms with Gasteiger partial charge in [-0.05, 0) is 62.2 Å². The zero-order chi connectivity index (χ0) is 22.8. The molecule has 0 radical (unpaired) electrons. The summed E-state index contributed by atoms with van der Waals surface area (Å²) in [5, 5.41) is 4.27. The fourth-order valence-electron chi connectivity index (χ4n) is 4.57. The lowest BCUT2D eigenvalue weighted by Gasteiger charge is -2.26. The molecule has 0 fully saturated rings. The molecule has 7 nitrogen and oxygen atoms in total. The number of aryl methyl sites for hydroxylation is 1. The highest BCUT2D eigenvalue weighted by Gasteiger charge is 2.26. The van der Waals surface area contributed by atoms with Gasteiger partial charge in [-0.2, -0.15) is 0 Å². The van der Waals surface area contributed by atoms with Gasteiger partial charge in [0.2, 0.25) is 0 Å². The molecule has 0 atom stereocenters. The fourth-order valence-corrected chi connectivity index (χ4v) is 4.57. The summed E-state index contributed by atoms with van der Waals surface area (Å²) in [5.74, 6) is -0.412. The molecular weight excluding hydrogens is 402 g/mol. The summed E-state index contributed by atoms with van der Waals surface area (Å²) in [6.07, 6.45) is 5.48. The topological polar surface area (TPSA) is 83.5 Å². The minimum absolute atomic E-state index is 0.412. The number of rotatable bonds is 7. The predicted molar refractivity (Wildman–Crippen MR) is 131 cm³/mol. The minimum Gasteiger partial charge on any atom is -0.399 e. The van der Waals surface area contributed by atoms with E-state index in [4.69, 9.17) is 10.6 Å². The lowest BCUT2D eigenvalue weighted by Crippen LogP contribution is -2.30. The van der Waals surface area contributed by atoms with Crippen molar-refractivity contribution >= 4 is 29.2 Å². The number of nitrogens with two attached hydrogens (primary N) is 1. The van der Waals surface area contributed by atoms with Gasteiger partial charge in [0.1, 0.15) is 7.11 Å². The molecule has 1 heterocycles. The van der Waals surface area contributed by atoms with Crippen LogP contribution in [0.3, 0.4) is 0 Å². The predicted octanol–water partition coefficient (Wildman–Crippen LogP) is 3.40. The molecule has 0 saturated heterocycles. The van der Waals surface area contributed by atoms with Crippen molar-refractivity contribution in [2.24, 2.45) is 15.9 Å². The number of hydrogen-bond acceptors (Lipinski definition) is 6. The van der Waals surface area contributed by atoms with Crippen LogP contribution >= 0.6 is 0 Å². The maximum absolute atomic E-state index is 12.5. The van der Waals surface area contributed by atoms with Crippen LogP contribution in [-0.4, -0.2) is 64.1 Å². The van der Waals surface area contributed by atoms with E-state index in [9.17, 15) is 4.79 Å². The van der Waals surface area contributed by atoms with Crippen molar-refractivity contribution < 1.29 is 9.63 Å². The van der Waals surface area contributed by atoms with Crippen LogP contribution in [-0.2, 0) is 17.7 Å². The third kappa shape index (κ3) is 4.12. The molecule has 4 rings (SSSR count). The van der Waals surface area contributed by atoms with Crippen molar-refractivity contribution in [3.63, 3.8) is 0 Å². The van der Waals surface area contributed by atoms with Gasteiger partial charge in [-0.25, -0.2) is 0 Å². The number of amides is 1. The zero-order valence-electron chi connectivity index (χ0n) is 19.3. The molecule has 0 unspecified atom stereocenters. The lowest BCUT2D eigenvalue weighted by molar-refractivity contribution is 0.1000. The van der Waals surface area contributed by atoms with E-state index in [-0.39, 0.29) is 0 Å². The van der Waals surface area contributed by atoms with E-state index >= 15 is 0 Å². The summed E-state index contributed by atoms with van der Waals surface area (Å²) < 4.78 is 0. The van der Waals surface area contributed by atoms with Gasteiger partial charge >= 0.3 is 0 Å². The van der Waals surface area contributed by atoms with Crippen LogP contribution in [0.5, 0.6) is 0 Å². The first-order valence-corrected chi connectivity index (χ1v) is 11.0. The van der Waals surface area contributed by atoms with Gasteiger partial charge in [-0.1, -0.05) is 17.3 Å². The number of carbonyl (C=O) groups excluding carboxylic acids is 1. The van der Waals surface area contributed by atoms with Gasteiger partial charge in [-0.15, -0.1) is 0 Å². The maximum atomic E-state index is 12.5. The first kappa shape index (κ1) is 22.0. The Morgan fingerprint density at radius 2 is 1.97 bits per heavy atom. The second-order valence-corrected chi connectivity index (χ2v) is 8.70. The van der Waals surface area contributed by atoms with Gasteiger partial charge < -0.3 is 20.4 Å². The Morgan fingerprint density at radius 1 is 1.16 bits per heavy atom. The molecule has 32 heavy (non-hydrogen) atoms. The van der Waals surface area contributed by atoms with Gasteiger partial charge in [0.05, 0.1) is 22.6 Å². The maximum Gasteiger partial charge on any atom is 0.251 e. The number of likely N-dealkylation sites (N-methyl/N-ethyl adjacent to an activating group) is 2. The Kier molecular flexibility index (Phi) is 6.28. The quantitative estimate of drug-likeness (QED) is 0.679. The molecule has 2 N–H and O–H groups in total. The van der Waals surface area contributed by atoms with Crippen molar-refractivity contribution in [2.75, 3.05) is 46.2 Å². The number of hydrogen-bond donors (Lipinski definition) is 1. The van der Waals surface area contributed by atoms with Gasteiger partial charge in [0.15, 0.2) is 0 Å². The number of aliphatic imine (C=N–C) groups is 1. The van der Waals surface area contributed by atoms with E-state index < -0.39 is 5.91 Å². The summed E-state index contributed by atoms with van der Waals surface area (Å²) in [6.45, 7) is 1.65. The van der Waals surface area contributed by atoms with Crippen molar-refractivity contribution in [3.8, 4) is 11.1 Å². The third-order valence-corrected chi connectivity index (χ3v) is 6.23. The van der Waals surface area contributed by atoms with E-state index in [0.717, 1.165) is 71.7 Å². The number of primary amides is 1. The number of carbonyl (C=O) groups is 1. The van der Waals surface area contributed by atoms with Crippen LogP contribution in [0.4, 0.5) is 11.4 Å². The smallest absolute Gasteiger partial charge is 0.251 e. The van der Waals surface area contributed by atoms with E-state index in [2.05, 4.69) is 44.2 Å². The summed E-state index contributed by atoms with van der Waals surface area (Å²) in [5.41, 5.74) is 14.5. The molecule has 0 aromatic heterocycles. The largest absolute Gasteiger partial charge is 0.399 e. The zero-order valence-corrected chi connectivity index (χ0v) is 19.3. The summed E-state index contributed by atoms with van der Waals surface area (Å²) in [7, 11) is 7.67. The molecule has 1 aliphatic heterocycles. The Labute approximate surface area is 189 Å². The molecule has 0 spiro atoms. The highest BCUT2D eigenvalue weighted by Crippen LogP contribution is 2.43. The molecule has 2 aliphatic rings. The van der Waals surface area contributed by atoms with Crippen molar-refractivity contribution in [1.29, 1.82) is 0 Å². The highest BCUT2D eigenvalue weighted by atomic mass is 16.6. The molecule has 1 amide bonds. The third-order valence-electron chi connectivity index (χ3n) is 6.23. The molecule has 1 aliphatic carbocycles.